The van der Waals surface area contributed by atoms with Gasteiger partial charge >= 0.3 is 5.97 Å². The lowest BCUT2D eigenvalue weighted by molar-refractivity contribution is -0.140. The summed E-state index contributed by atoms with van der Waals surface area (Å²) in [5, 5.41) is 12.4. The zero-order valence-electron chi connectivity index (χ0n) is 13.3. The minimum atomic E-state index is -4.17. The topological polar surface area (TPSA) is 86.7 Å². The highest BCUT2D eigenvalue weighted by atomic mass is 35.5. The van der Waals surface area contributed by atoms with E-state index in [2.05, 4.69) is 11.9 Å². The van der Waals surface area contributed by atoms with Crippen molar-refractivity contribution in [3.8, 4) is 0 Å². The van der Waals surface area contributed by atoms with Gasteiger partial charge in [0.25, 0.3) is 0 Å². The fraction of sp³-hybridized carbons (Fsp3) is 0.118. The molecule has 9 heteroatoms. The molecule has 0 saturated carbocycles. The average Bonchev–Trinajstić information content (AvgIpc) is 2.56. The molecule has 1 unspecified atom stereocenters. The van der Waals surface area contributed by atoms with Crippen LogP contribution in [0.25, 0.3) is 6.08 Å². The molecule has 1 heterocycles. The standard InChI is InChI=1S/C17H14Cl2N2O4S/c1-2-10-4-3-5-11(6-10)9-21-16(17(22)23)20-14-8-12(18)7-13(19)15(14)26(21,24)25/h2-8,16,20H,1,9H2,(H,22,23). The molecule has 2 N–H and O–H groups in total. The maximum atomic E-state index is 13.1. The Kier molecular flexibility index (Phi) is 4.98. The molecule has 1 aliphatic heterocycles. The highest BCUT2D eigenvalue weighted by Gasteiger charge is 2.43. The Morgan fingerprint density at radius 2 is 2.04 bits per heavy atom. The van der Waals surface area contributed by atoms with Crippen molar-refractivity contribution in [3.05, 3.63) is 64.1 Å². The van der Waals surface area contributed by atoms with E-state index < -0.39 is 22.2 Å². The second-order valence-corrected chi connectivity index (χ2v) is 8.32. The number of aliphatic carboxylic acids is 1. The highest BCUT2D eigenvalue weighted by molar-refractivity contribution is 7.89. The first-order valence-electron chi connectivity index (χ1n) is 7.45. The van der Waals surface area contributed by atoms with E-state index in [-0.39, 0.29) is 27.2 Å². The minimum absolute atomic E-state index is 0.0611. The van der Waals surface area contributed by atoms with Gasteiger partial charge in [-0.15, -0.1) is 0 Å². The summed E-state index contributed by atoms with van der Waals surface area (Å²) in [6, 6.07) is 9.64. The summed E-state index contributed by atoms with van der Waals surface area (Å²) in [5.74, 6) is -1.34. The number of halogens is 2. The van der Waals surface area contributed by atoms with Crippen molar-refractivity contribution in [2.45, 2.75) is 17.6 Å². The van der Waals surface area contributed by atoms with Gasteiger partial charge in [-0.3, -0.25) is 0 Å². The van der Waals surface area contributed by atoms with Crippen molar-refractivity contribution < 1.29 is 18.3 Å². The van der Waals surface area contributed by atoms with Crippen LogP contribution in [-0.2, 0) is 21.4 Å². The van der Waals surface area contributed by atoms with Crippen molar-refractivity contribution >= 4 is 51.0 Å². The van der Waals surface area contributed by atoms with Gasteiger partial charge in [-0.25, -0.2) is 13.2 Å². The van der Waals surface area contributed by atoms with Gasteiger partial charge in [0.15, 0.2) is 6.17 Å². The third-order valence-electron chi connectivity index (χ3n) is 3.91. The number of carboxylic acids is 1. The Labute approximate surface area is 160 Å². The van der Waals surface area contributed by atoms with Crippen molar-refractivity contribution in [2.24, 2.45) is 0 Å². The second kappa shape index (κ2) is 6.92. The van der Waals surface area contributed by atoms with Crippen LogP contribution in [0.15, 0.2) is 47.9 Å². The first kappa shape index (κ1) is 18.7. The van der Waals surface area contributed by atoms with E-state index in [0.717, 1.165) is 9.87 Å². The van der Waals surface area contributed by atoms with Crippen LogP contribution >= 0.6 is 23.2 Å². The van der Waals surface area contributed by atoms with Gasteiger partial charge in [0, 0.05) is 11.6 Å². The summed E-state index contributed by atoms with van der Waals surface area (Å²) < 4.78 is 27.0. The lowest BCUT2D eigenvalue weighted by atomic mass is 10.1. The first-order chi connectivity index (χ1) is 12.2. The van der Waals surface area contributed by atoms with E-state index in [0.29, 0.717) is 5.56 Å². The van der Waals surface area contributed by atoms with Gasteiger partial charge in [0.05, 0.1) is 10.7 Å². The Balaban J connectivity index is 2.12. The summed E-state index contributed by atoms with van der Waals surface area (Å²) in [6.07, 6.45) is 0.129. The number of anilines is 1. The van der Waals surface area contributed by atoms with Crippen LogP contribution in [0.2, 0.25) is 10.0 Å². The quantitative estimate of drug-likeness (QED) is 0.799. The van der Waals surface area contributed by atoms with E-state index in [1.165, 1.54) is 12.1 Å². The minimum Gasteiger partial charge on any atom is -0.479 e. The Hall–Kier alpha value is -2.06. The molecule has 1 atom stereocenters. The molecule has 0 aliphatic carbocycles. The van der Waals surface area contributed by atoms with E-state index in [1.54, 1.807) is 24.3 Å². The van der Waals surface area contributed by atoms with Gasteiger partial charge in [-0.05, 0) is 23.3 Å². The number of nitrogens with one attached hydrogen (secondary N) is 1. The first-order valence-corrected chi connectivity index (χ1v) is 9.65. The third kappa shape index (κ3) is 3.31. The molecule has 2 aromatic rings. The smallest absolute Gasteiger partial charge is 0.342 e. The number of rotatable bonds is 4. The van der Waals surface area contributed by atoms with Crippen LogP contribution in [-0.4, -0.2) is 30.0 Å². The zero-order valence-corrected chi connectivity index (χ0v) is 15.6. The van der Waals surface area contributed by atoms with Crippen LogP contribution < -0.4 is 5.32 Å². The van der Waals surface area contributed by atoms with Gasteiger partial charge in [0.2, 0.25) is 10.0 Å². The maximum absolute atomic E-state index is 13.1. The number of benzene rings is 2. The highest BCUT2D eigenvalue weighted by Crippen LogP contribution is 2.39. The van der Waals surface area contributed by atoms with Crippen LogP contribution in [0.1, 0.15) is 11.1 Å². The van der Waals surface area contributed by atoms with E-state index in [1.807, 2.05) is 6.07 Å². The molecule has 0 amide bonds. The summed E-state index contributed by atoms with van der Waals surface area (Å²) in [6.45, 7) is 3.53. The fourth-order valence-electron chi connectivity index (χ4n) is 2.76. The summed E-state index contributed by atoms with van der Waals surface area (Å²) in [4.78, 5) is 11.5. The largest absolute Gasteiger partial charge is 0.479 e. The number of hydrogen-bond donors (Lipinski definition) is 2. The molecule has 26 heavy (non-hydrogen) atoms. The van der Waals surface area contributed by atoms with Crippen LogP contribution in [0.5, 0.6) is 0 Å². The molecular formula is C17H14Cl2N2O4S. The molecule has 0 saturated heterocycles. The number of hydrogen-bond acceptors (Lipinski definition) is 4. The second-order valence-electron chi connectivity index (χ2n) is 5.65. The Bertz CT molecular complexity index is 1010. The van der Waals surface area contributed by atoms with E-state index >= 15 is 0 Å². The lowest BCUT2D eigenvalue weighted by Crippen LogP contribution is -2.52. The van der Waals surface area contributed by atoms with Gasteiger partial charge in [-0.2, -0.15) is 4.31 Å². The number of carboxylic acid groups (broad SMARTS) is 1. The van der Waals surface area contributed by atoms with Gasteiger partial charge in [0.1, 0.15) is 4.90 Å². The zero-order chi connectivity index (χ0) is 19.1. The van der Waals surface area contributed by atoms with E-state index in [9.17, 15) is 18.3 Å². The van der Waals surface area contributed by atoms with Crippen molar-refractivity contribution in [3.63, 3.8) is 0 Å². The van der Waals surface area contributed by atoms with Crippen molar-refractivity contribution in [2.75, 3.05) is 5.32 Å². The molecule has 0 aromatic heterocycles. The summed E-state index contributed by atoms with van der Waals surface area (Å²) >= 11 is 12.0. The number of nitrogens with zero attached hydrogens (tertiary/aromatic N) is 1. The molecule has 6 nitrogen and oxygen atoms in total. The number of carbonyl (C=O) groups is 1. The summed E-state index contributed by atoms with van der Waals surface area (Å²) in [7, 11) is -4.17. The molecule has 0 bridgehead atoms. The predicted molar refractivity (Wildman–Crippen MR) is 101 cm³/mol. The monoisotopic (exact) mass is 412 g/mol. The van der Waals surface area contributed by atoms with Crippen LogP contribution in [0.4, 0.5) is 5.69 Å². The third-order valence-corrected chi connectivity index (χ3v) is 6.46. The molecule has 1 aliphatic rings. The molecule has 0 fully saturated rings. The Morgan fingerprint density at radius 3 is 2.69 bits per heavy atom. The predicted octanol–water partition coefficient (Wildman–Crippen LogP) is 3.66. The van der Waals surface area contributed by atoms with E-state index in [4.69, 9.17) is 23.2 Å². The molecule has 0 spiro atoms. The summed E-state index contributed by atoms with van der Waals surface area (Å²) in [5.41, 5.74) is 1.47. The van der Waals surface area contributed by atoms with Crippen LogP contribution in [0, 0.1) is 0 Å². The maximum Gasteiger partial charge on any atom is 0.342 e. The lowest BCUT2D eigenvalue weighted by Gasteiger charge is -2.35. The Morgan fingerprint density at radius 1 is 1.31 bits per heavy atom. The molecule has 3 rings (SSSR count). The van der Waals surface area contributed by atoms with Crippen molar-refractivity contribution in [1.82, 2.24) is 4.31 Å². The number of fused-ring (bicyclic) bond motifs is 1. The average molecular weight is 413 g/mol. The van der Waals surface area contributed by atoms with Crippen LogP contribution in [0.3, 0.4) is 0 Å². The number of sulfonamides is 1. The molecule has 2 aromatic carbocycles. The SMILES string of the molecule is C=Cc1cccc(CN2C(C(=O)O)Nc3cc(Cl)cc(Cl)c3S2(=O)=O)c1. The normalized spacial score (nSPS) is 18.6. The molecule has 136 valence electrons. The van der Waals surface area contributed by atoms with Crippen molar-refractivity contribution in [1.29, 1.82) is 0 Å². The molecule has 0 radical (unpaired) electrons. The fourth-order valence-corrected chi connectivity index (χ4v) is 5.23. The molecular weight excluding hydrogens is 399 g/mol. The van der Waals surface area contributed by atoms with Gasteiger partial charge in [-0.1, -0.05) is 60.1 Å². The van der Waals surface area contributed by atoms with Gasteiger partial charge < -0.3 is 10.4 Å².